The van der Waals surface area contributed by atoms with E-state index >= 15 is 0 Å². The fourth-order valence-corrected chi connectivity index (χ4v) is 2.77. The quantitative estimate of drug-likeness (QED) is 0.718. The highest BCUT2D eigenvalue weighted by Crippen LogP contribution is 2.21. The van der Waals surface area contributed by atoms with Gasteiger partial charge in [0.1, 0.15) is 5.75 Å². The van der Waals surface area contributed by atoms with Crippen LogP contribution in [0.4, 0.5) is 4.79 Å². The van der Waals surface area contributed by atoms with Crippen molar-refractivity contribution in [1.82, 2.24) is 20.4 Å². The molecule has 2 aromatic carbocycles. The van der Waals surface area contributed by atoms with Gasteiger partial charge in [0.15, 0.2) is 0 Å². The molecule has 3 rings (SSSR count). The Kier molecular flexibility index (Phi) is 5.53. The molecular formula is C20H22N4O2. The number of amides is 2. The van der Waals surface area contributed by atoms with Crippen LogP contribution in [0.15, 0.2) is 60.8 Å². The zero-order chi connectivity index (χ0) is 18.4. The van der Waals surface area contributed by atoms with Crippen LogP contribution in [0.3, 0.4) is 0 Å². The molecule has 0 aliphatic rings. The van der Waals surface area contributed by atoms with E-state index in [0.717, 1.165) is 28.1 Å². The number of para-hydroxylation sites is 1. The highest BCUT2D eigenvalue weighted by Gasteiger charge is 2.11. The Bertz CT molecular complexity index is 875. The van der Waals surface area contributed by atoms with Crippen molar-refractivity contribution in [3.8, 4) is 17.0 Å². The molecule has 6 nitrogen and oxygen atoms in total. The van der Waals surface area contributed by atoms with E-state index in [2.05, 4.69) is 15.7 Å². The number of carbonyl (C=O) groups excluding carboxylic acids is 1. The number of aryl methyl sites for hydroxylation is 1. The molecule has 3 aromatic rings. The van der Waals surface area contributed by atoms with Crippen LogP contribution in [0.2, 0.25) is 0 Å². The fourth-order valence-electron chi connectivity index (χ4n) is 2.77. The second kappa shape index (κ2) is 8.20. The van der Waals surface area contributed by atoms with Gasteiger partial charge in [0, 0.05) is 43.0 Å². The maximum absolute atomic E-state index is 12.2. The number of hydrogen-bond donors (Lipinski definition) is 2. The van der Waals surface area contributed by atoms with E-state index in [-0.39, 0.29) is 6.03 Å². The predicted octanol–water partition coefficient (Wildman–Crippen LogP) is 3.10. The van der Waals surface area contributed by atoms with Crippen molar-refractivity contribution in [3.05, 3.63) is 71.9 Å². The number of urea groups is 1. The molecule has 0 saturated carbocycles. The lowest BCUT2D eigenvalue weighted by atomic mass is 10.1. The molecule has 6 heteroatoms. The summed E-state index contributed by atoms with van der Waals surface area (Å²) in [4.78, 5) is 12.2. The van der Waals surface area contributed by atoms with Gasteiger partial charge in [0.25, 0.3) is 0 Å². The first-order chi connectivity index (χ1) is 12.7. The molecule has 26 heavy (non-hydrogen) atoms. The number of rotatable bonds is 6. The van der Waals surface area contributed by atoms with E-state index in [0.29, 0.717) is 13.1 Å². The van der Waals surface area contributed by atoms with Gasteiger partial charge >= 0.3 is 6.03 Å². The molecule has 0 fully saturated rings. The van der Waals surface area contributed by atoms with Crippen LogP contribution in [-0.2, 0) is 20.1 Å². The average Bonchev–Trinajstić information content (AvgIpc) is 3.06. The first-order valence-electron chi connectivity index (χ1n) is 8.39. The van der Waals surface area contributed by atoms with Crippen molar-refractivity contribution in [1.29, 1.82) is 0 Å². The normalized spacial score (nSPS) is 10.4. The number of hydrogen-bond acceptors (Lipinski definition) is 3. The number of nitrogens with zero attached hydrogens (tertiary/aromatic N) is 2. The zero-order valence-corrected chi connectivity index (χ0v) is 14.9. The van der Waals surface area contributed by atoms with E-state index in [4.69, 9.17) is 4.74 Å². The summed E-state index contributed by atoms with van der Waals surface area (Å²) in [5, 5.41) is 10.2. The SMILES string of the molecule is COc1ccccc1CNC(=O)NCc1cn(C)nc1-c1ccccc1. The minimum Gasteiger partial charge on any atom is -0.496 e. The maximum atomic E-state index is 12.2. The summed E-state index contributed by atoms with van der Waals surface area (Å²) >= 11 is 0. The molecule has 134 valence electrons. The molecule has 1 heterocycles. The predicted molar refractivity (Wildman–Crippen MR) is 101 cm³/mol. The van der Waals surface area contributed by atoms with Crippen molar-refractivity contribution in [2.75, 3.05) is 7.11 Å². The van der Waals surface area contributed by atoms with E-state index in [9.17, 15) is 4.79 Å². The second-order valence-electron chi connectivity index (χ2n) is 5.89. The highest BCUT2D eigenvalue weighted by atomic mass is 16.5. The standard InChI is InChI=1S/C20H22N4O2/c1-24-14-17(19(23-24)15-8-4-3-5-9-15)13-22-20(25)21-12-16-10-6-7-11-18(16)26-2/h3-11,14H,12-13H2,1-2H3,(H2,21,22,25). The third-order valence-electron chi connectivity index (χ3n) is 4.02. The topological polar surface area (TPSA) is 68.2 Å². The Morgan fingerprint density at radius 3 is 2.38 bits per heavy atom. The molecule has 1 aromatic heterocycles. The second-order valence-corrected chi connectivity index (χ2v) is 5.89. The number of methoxy groups -OCH3 is 1. The monoisotopic (exact) mass is 350 g/mol. The lowest BCUT2D eigenvalue weighted by molar-refractivity contribution is 0.240. The number of carbonyl (C=O) groups is 1. The number of benzene rings is 2. The molecule has 0 aliphatic heterocycles. The largest absolute Gasteiger partial charge is 0.496 e. The van der Waals surface area contributed by atoms with Gasteiger partial charge in [0.05, 0.1) is 12.8 Å². The molecule has 0 saturated heterocycles. The minimum atomic E-state index is -0.237. The number of aromatic nitrogens is 2. The Morgan fingerprint density at radius 2 is 1.65 bits per heavy atom. The highest BCUT2D eigenvalue weighted by molar-refractivity contribution is 5.74. The van der Waals surface area contributed by atoms with Crippen LogP contribution in [0.1, 0.15) is 11.1 Å². The molecule has 0 spiro atoms. The average molecular weight is 350 g/mol. The molecule has 2 amide bonds. The van der Waals surface area contributed by atoms with Gasteiger partial charge < -0.3 is 15.4 Å². The number of ether oxygens (including phenoxy) is 1. The van der Waals surface area contributed by atoms with Crippen molar-refractivity contribution < 1.29 is 9.53 Å². The van der Waals surface area contributed by atoms with Crippen LogP contribution in [0.5, 0.6) is 5.75 Å². The minimum absolute atomic E-state index is 0.237. The first-order valence-corrected chi connectivity index (χ1v) is 8.39. The van der Waals surface area contributed by atoms with Gasteiger partial charge in [-0.3, -0.25) is 4.68 Å². The van der Waals surface area contributed by atoms with Crippen LogP contribution in [-0.4, -0.2) is 22.9 Å². The van der Waals surface area contributed by atoms with Crippen LogP contribution in [0.25, 0.3) is 11.3 Å². The molecule has 0 bridgehead atoms. The number of nitrogens with one attached hydrogen (secondary N) is 2. The summed E-state index contributed by atoms with van der Waals surface area (Å²) in [6.07, 6.45) is 1.92. The first kappa shape index (κ1) is 17.5. The van der Waals surface area contributed by atoms with Crippen LogP contribution >= 0.6 is 0 Å². The summed E-state index contributed by atoms with van der Waals surface area (Å²) in [5.41, 5.74) is 3.79. The molecule has 2 N–H and O–H groups in total. The Morgan fingerprint density at radius 1 is 1.00 bits per heavy atom. The molecule has 0 aliphatic carbocycles. The van der Waals surface area contributed by atoms with Crippen LogP contribution < -0.4 is 15.4 Å². The van der Waals surface area contributed by atoms with Crippen molar-refractivity contribution >= 4 is 6.03 Å². The smallest absolute Gasteiger partial charge is 0.315 e. The van der Waals surface area contributed by atoms with Gasteiger partial charge in [-0.15, -0.1) is 0 Å². The molecule has 0 unspecified atom stereocenters. The lowest BCUT2D eigenvalue weighted by Crippen LogP contribution is -2.34. The fraction of sp³-hybridized carbons (Fsp3) is 0.200. The summed E-state index contributed by atoms with van der Waals surface area (Å²) in [6, 6.07) is 17.3. The summed E-state index contributed by atoms with van der Waals surface area (Å²) in [7, 11) is 3.49. The van der Waals surface area contributed by atoms with E-state index in [1.807, 2.05) is 67.8 Å². The third kappa shape index (κ3) is 4.22. The Hall–Kier alpha value is -3.28. The van der Waals surface area contributed by atoms with Crippen molar-refractivity contribution in [3.63, 3.8) is 0 Å². The Labute approximate surface area is 152 Å². The van der Waals surface area contributed by atoms with Gasteiger partial charge in [0.2, 0.25) is 0 Å². The van der Waals surface area contributed by atoms with Gasteiger partial charge in [-0.25, -0.2) is 4.79 Å². The van der Waals surface area contributed by atoms with E-state index in [1.54, 1.807) is 11.8 Å². The van der Waals surface area contributed by atoms with Crippen molar-refractivity contribution in [2.24, 2.45) is 7.05 Å². The van der Waals surface area contributed by atoms with Gasteiger partial charge in [-0.1, -0.05) is 48.5 Å². The van der Waals surface area contributed by atoms with Crippen molar-refractivity contribution in [2.45, 2.75) is 13.1 Å². The third-order valence-corrected chi connectivity index (χ3v) is 4.02. The summed E-state index contributed by atoms with van der Waals surface area (Å²) in [5.74, 6) is 0.756. The summed E-state index contributed by atoms with van der Waals surface area (Å²) < 4.78 is 7.05. The van der Waals surface area contributed by atoms with Crippen LogP contribution in [0, 0.1) is 0 Å². The summed E-state index contributed by atoms with van der Waals surface area (Å²) in [6.45, 7) is 0.796. The molecular weight excluding hydrogens is 328 g/mol. The maximum Gasteiger partial charge on any atom is 0.315 e. The van der Waals surface area contributed by atoms with E-state index < -0.39 is 0 Å². The molecule has 0 radical (unpaired) electrons. The van der Waals surface area contributed by atoms with Gasteiger partial charge in [-0.2, -0.15) is 5.10 Å². The molecule has 0 atom stereocenters. The zero-order valence-electron chi connectivity index (χ0n) is 14.9. The van der Waals surface area contributed by atoms with E-state index in [1.165, 1.54) is 0 Å². The lowest BCUT2D eigenvalue weighted by Gasteiger charge is -2.10. The van der Waals surface area contributed by atoms with Gasteiger partial charge in [-0.05, 0) is 6.07 Å². The Balaban J connectivity index is 1.60.